The molecule has 0 unspecified atom stereocenters. The van der Waals surface area contributed by atoms with Crippen LogP contribution in [0.3, 0.4) is 0 Å². The van der Waals surface area contributed by atoms with E-state index in [4.69, 9.17) is 5.10 Å². The molecule has 2 aliphatic rings. The first-order valence-corrected chi connectivity index (χ1v) is 7.40. The Morgan fingerprint density at radius 3 is 2.53 bits per heavy atom. The first kappa shape index (κ1) is 11.2. The van der Waals surface area contributed by atoms with Crippen molar-refractivity contribution in [3.05, 3.63) is 17.5 Å². The minimum atomic E-state index is 0.968. The number of rotatable bonds is 1. The van der Waals surface area contributed by atoms with Crippen molar-refractivity contribution < 1.29 is 0 Å². The molecule has 0 aromatic carbocycles. The Hall–Kier alpha value is -1.65. The highest BCUT2D eigenvalue weighted by molar-refractivity contribution is 5.61. The van der Waals surface area contributed by atoms with E-state index < -0.39 is 0 Å². The third kappa shape index (κ3) is 1.79. The maximum atomic E-state index is 4.79. The van der Waals surface area contributed by atoms with Crippen molar-refractivity contribution in [2.45, 2.75) is 44.9 Å². The summed E-state index contributed by atoms with van der Waals surface area (Å²) in [5.41, 5.74) is 3.79. The van der Waals surface area contributed by atoms with Crippen molar-refractivity contribution in [2.75, 3.05) is 18.0 Å². The van der Waals surface area contributed by atoms with Crippen LogP contribution in [0.25, 0.3) is 5.65 Å². The van der Waals surface area contributed by atoms with Gasteiger partial charge in [-0.3, -0.25) is 0 Å². The Kier molecular flexibility index (Phi) is 2.64. The molecule has 2 aromatic rings. The first-order chi connectivity index (χ1) is 9.43. The van der Waals surface area contributed by atoms with E-state index in [2.05, 4.69) is 15.1 Å². The minimum Gasteiger partial charge on any atom is -0.355 e. The minimum absolute atomic E-state index is 0.968. The molecule has 3 heterocycles. The van der Waals surface area contributed by atoms with Gasteiger partial charge in [0.1, 0.15) is 6.33 Å². The Bertz CT molecular complexity index is 597. The van der Waals surface area contributed by atoms with Crippen molar-refractivity contribution in [1.82, 2.24) is 19.8 Å². The largest absolute Gasteiger partial charge is 0.355 e. The monoisotopic (exact) mass is 257 g/mol. The predicted octanol–water partition coefficient (Wildman–Crippen LogP) is 1.99. The van der Waals surface area contributed by atoms with E-state index in [-0.39, 0.29) is 0 Å². The van der Waals surface area contributed by atoms with Crippen molar-refractivity contribution in [2.24, 2.45) is 0 Å². The summed E-state index contributed by atoms with van der Waals surface area (Å²) >= 11 is 0. The number of hydrogen-bond donors (Lipinski definition) is 0. The fourth-order valence-corrected chi connectivity index (χ4v) is 3.42. The lowest BCUT2D eigenvalue weighted by atomic mass is 9.92. The van der Waals surface area contributed by atoms with Gasteiger partial charge < -0.3 is 4.90 Å². The van der Waals surface area contributed by atoms with E-state index in [0.29, 0.717) is 0 Å². The van der Waals surface area contributed by atoms with Crippen LogP contribution < -0.4 is 4.90 Å². The molecule has 0 amide bonds. The van der Waals surface area contributed by atoms with Gasteiger partial charge in [0.15, 0.2) is 11.5 Å². The molecule has 1 fully saturated rings. The number of aromatic nitrogens is 4. The summed E-state index contributed by atoms with van der Waals surface area (Å²) in [6.07, 6.45) is 10.5. The van der Waals surface area contributed by atoms with E-state index in [9.17, 15) is 0 Å². The van der Waals surface area contributed by atoms with Crippen LogP contribution in [0.4, 0.5) is 5.82 Å². The third-order valence-corrected chi connectivity index (χ3v) is 4.40. The van der Waals surface area contributed by atoms with Crippen molar-refractivity contribution in [1.29, 1.82) is 0 Å². The molecule has 0 radical (unpaired) electrons. The topological polar surface area (TPSA) is 46.3 Å². The van der Waals surface area contributed by atoms with Gasteiger partial charge in [-0.25, -0.2) is 0 Å². The number of hydrogen-bond acceptors (Lipinski definition) is 4. The van der Waals surface area contributed by atoms with Crippen molar-refractivity contribution >= 4 is 11.5 Å². The molecular weight excluding hydrogens is 238 g/mol. The molecule has 0 spiro atoms. The summed E-state index contributed by atoms with van der Waals surface area (Å²) in [6, 6.07) is 0. The van der Waals surface area contributed by atoms with Gasteiger partial charge in [0.05, 0.1) is 0 Å². The van der Waals surface area contributed by atoms with E-state index in [0.717, 1.165) is 31.6 Å². The van der Waals surface area contributed by atoms with Crippen LogP contribution in [-0.2, 0) is 12.8 Å². The standard InChI is InChI=1S/C14H19N5/c1-4-8-18(9-5-1)14-12-7-3-2-6-11(12)13-16-15-10-19(13)17-14/h10H,1-9H2. The lowest BCUT2D eigenvalue weighted by Gasteiger charge is -2.31. The molecule has 19 heavy (non-hydrogen) atoms. The summed E-state index contributed by atoms with van der Waals surface area (Å²) in [4.78, 5) is 2.47. The Morgan fingerprint density at radius 2 is 1.68 bits per heavy atom. The molecule has 5 heteroatoms. The van der Waals surface area contributed by atoms with Crippen LogP contribution in [0.1, 0.15) is 43.2 Å². The quantitative estimate of drug-likeness (QED) is 0.784. The number of fused-ring (bicyclic) bond motifs is 3. The lowest BCUT2D eigenvalue weighted by Crippen LogP contribution is -2.32. The molecule has 0 N–H and O–H groups in total. The molecule has 1 saturated heterocycles. The number of anilines is 1. The fourth-order valence-electron chi connectivity index (χ4n) is 3.42. The Balaban J connectivity index is 1.88. The summed E-state index contributed by atoms with van der Waals surface area (Å²) < 4.78 is 1.87. The Morgan fingerprint density at radius 1 is 0.895 bits per heavy atom. The average molecular weight is 257 g/mol. The molecule has 0 atom stereocenters. The second-order valence-electron chi connectivity index (χ2n) is 5.63. The van der Waals surface area contributed by atoms with E-state index in [1.807, 2.05) is 4.52 Å². The van der Waals surface area contributed by atoms with Gasteiger partial charge in [-0.05, 0) is 44.9 Å². The summed E-state index contributed by atoms with van der Waals surface area (Å²) in [6.45, 7) is 2.29. The fraction of sp³-hybridized carbons (Fsp3) is 0.643. The molecule has 0 bridgehead atoms. The summed E-state index contributed by atoms with van der Waals surface area (Å²) in [7, 11) is 0. The van der Waals surface area contributed by atoms with Gasteiger partial charge in [0.2, 0.25) is 0 Å². The van der Waals surface area contributed by atoms with Crippen molar-refractivity contribution in [3.63, 3.8) is 0 Å². The maximum Gasteiger partial charge on any atom is 0.181 e. The van der Waals surface area contributed by atoms with Crippen LogP contribution in [0.2, 0.25) is 0 Å². The second kappa shape index (κ2) is 4.47. The van der Waals surface area contributed by atoms with Gasteiger partial charge >= 0.3 is 0 Å². The zero-order chi connectivity index (χ0) is 12.7. The van der Waals surface area contributed by atoms with Crippen LogP contribution in [0, 0.1) is 0 Å². The average Bonchev–Trinajstić information content (AvgIpc) is 2.96. The number of aryl methyl sites for hydroxylation is 1. The summed E-state index contributed by atoms with van der Waals surface area (Å²) in [5.74, 6) is 1.20. The highest BCUT2D eigenvalue weighted by atomic mass is 15.4. The molecule has 0 saturated carbocycles. The highest BCUT2D eigenvalue weighted by Gasteiger charge is 2.23. The smallest absolute Gasteiger partial charge is 0.181 e. The van der Waals surface area contributed by atoms with Crippen LogP contribution in [0.15, 0.2) is 6.33 Å². The van der Waals surface area contributed by atoms with Gasteiger partial charge in [-0.1, -0.05) is 0 Å². The normalized spacial score (nSPS) is 19.7. The molecule has 2 aromatic heterocycles. The van der Waals surface area contributed by atoms with Gasteiger partial charge in [0.25, 0.3) is 0 Å². The lowest BCUT2D eigenvalue weighted by molar-refractivity contribution is 0.563. The zero-order valence-corrected chi connectivity index (χ0v) is 11.2. The zero-order valence-electron chi connectivity index (χ0n) is 11.2. The Labute approximate surface area is 112 Å². The van der Waals surface area contributed by atoms with Gasteiger partial charge in [0, 0.05) is 24.2 Å². The number of piperidine rings is 1. The number of nitrogens with zero attached hydrogens (tertiary/aromatic N) is 5. The van der Waals surface area contributed by atoms with E-state index in [1.54, 1.807) is 6.33 Å². The van der Waals surface area contributed by atoms with Crippen molar-refractivity contribution in [3.8, 4) is 0 Å². The van der Waals surface area contributed by atoms with E-state index >= 15 is 0 Å². The van der Waals surface area contributed by atoms with Crippen LogP contribution >= 0.6 is 0 Å². The van der Waals surface area contributed by atoms with Crippen LogP contribution in [-0.4, -0.2) is 32.9 Å². The molecule has 5 nitrogen and oxygen atoms in total. The molecule has 1 aliphatic carbocycles. The molecule has 4 rings (SSSR count). The second-order valence-corrected chi connectivity index (χ2v) is 5.63. The summed E-state index contributed by atoms with van der Waals surface area (Å²) in [5, 5.41) is 13.1. The molecule has 100 valence electrons. The van der Waals surface area contributed by atoms with E-state index in [1.165, 1.54) is 49.0 Å². The molecular formula is C14H19N5. The van der Waals surface area contributed by atoms with Gasteiger partial charge in [-0.2, -0.15) is 4.52 Å². The maximum absolute atomic E-state index is 4.79. The first-order valence-electron chi connectivity index (χ1n) is 7.40. The highest BCUT2D eigenvalue weighted by Crippen LogP contribution is 2.31. The third-order valence-electron chi connectivity index (χ3n) is 4.40. The van der Waals surface area contributed by atoms with Gasteiger partial charge in [-0.15, -0.1) is 15.3 Å². The molecule has 1 aliphatic heterocycles. The SMILES string of the molecule is c1nnc2c3c(c(N4CCCCC4)nn12)CCCC3. The van der Waals surface area contributed by atoms with Crippen LogP contribution in [0.5, 0.6) is 0 Å². The predicted molar refractivity (Wildman–Crippen MR) is 73.5 cm³/mol.